The summed E-state index contributed by atoms with van der Waals surface area (Å²) in [5.74, 6) is -1.47. The molecule has 2 nitrogen and oxygen atoms in total. The fourth-order valence-electron chi connectivity index (χ4n) is 2.38. The highest BCUT2D eigenvalue weighted by Gasteiger charge is 2.54. The summed E-state index contributed by atoms with van der Waals surface area (Å²) in [5.41, 5.74) is 1.09. The van der Waals surface area contributed by atoms with Crippen LogP contribution in [-0.2, 0) is 0 Å². The number of aryl methyl sites for hydroxylation is 1. The molecule has 0 spiro atoms. The van der Waals surface area contributed by atoms with Crippen molar-refractivity contribution in [3.8, 4) is 0 Å². The van der Waals surface area contributed by atoms with Gasteiger partial charge >= 0.3 is 0 Å². The van der Waals surface area contributed by atoms with Crippen molar-refractivity contribution in [1.29, 1.82) is 0 Å². The van der Waals surface area contributed by atoms with Crippen molar-refractivity contribution in [2.75, 3.05) is 0 Å². The highest BCUT2D eigenvalue weighted by Crippen LogP contribution is 2.57. The summed E-state index contributed by atoms with van der Waals surface area (Å²) in [6, 6.07) is 2.50. The summed E-state index contributed by atoms with van der Waals surface area (Å²) in [4.78, 5) is 0. The summed E-state index contributed by atoms with van der Waals surface area (Å²) in [7, 11) is 0. The van der Waals surface area contributed by atoms with Gasteiger partial charge in [0.1, 0.15) is 0 Å². The summed E-state index contributed by atoms with van der Waals surface area (Å²) < 4.78 is 26.4. The predicted molar refractivity (Wildman–Crippen MR) is 92.6 cm³/mol. The van der Waals surface area contributed by atoms with E-state index in [4.69, 9.17) is 0 Å². The molecule has 2 fully saturated rings. The lowest BCUT2D eigenvalue weighted by Crippen LogP contribution is -2.11. The Morgan fingerprint density at radius 1 is 1.14 bits per heavy atom. The minimum Gasteiger partial charge on any atom is -0.270 e. The summed E-state index contributed by atoms with van der Waals surface area (Å²) in [5, 5.41) is 4.23. The Labute approximate surface area is 136 Å². The van der Waals surface area contributed by atoms with Crippen molar-refractivity contribution in [3.63, 3.8) is 0 Å². The van der Waals surface area contributed by atoms with Crippen LogP contribution < -0.4 is 0 Å². The van der Waals surface area contributed by atoms with Gasteiger partial charge in [-0.15, -0.1) is 0 Å². The third-order valence-corrected chi connectivity index (χ3v) is 3.46. The van der Waals surface area contributed by atoms with Gasteiger partial charge in [-0.2, -0.15) is 5.10 Å². The molecule has 2 aliphatic carbocycles. The molecule has 1 aromatic heterocycles. The second kappa shape index (κ2) is 10.7. The highest BCUT2D eigenvalue weighted by atomic mass is 19.3. The number of aromatic nitrogens is 2. The Morgan fingerprint density at radius 2 is 1.59 bits per heavy atom. The minimum atomic E-state index is -2.28. The van der Waals surface area contributed by atoms with E-state index in [-0.39, 0.29) is 20.3 Å². The van der Waals surface area contributed by atoms with E-state index in [0.717, 1.165) is 12.1 Å². The van der Waals surface area contributed by atoms with Crippen molar-refractivity contribution in [2.24, 2.45) is 11.8 Å². The lowest BCUT2D eigenvalue weighted by Gasteiger charge is -2.07. The summed E-state index contributed by atoms with van der Waals surface area (Å²) in [6.07, 6.45) is 3.44. The van der Waals surface area contributed by atoms with Crippen LogP contribution in [0.5, 0.6) is 0 Å². The topological polar surface area (TPSA) is 17.8 Å². The van der Waals surface area contributed by atoms with Crippen LogP contribution in [0.3, 0.4) is 0 Å². The van der Waals surface area contributed by atoms with Crippen LogP contribution in [0.4, 0.5) is 8.78 Å². The van der Waals surface area contributed by atoms with Crippen LogP contribution in [0.2, 0.25) is 0 Å². The Kier molecular flexibility index (Phi) is 11.4. The van der Waals surface area contributed by atoms with Gasteiger partial charge in [0, 0.05) is 25.1 Å². The number of hydrogen-bond acceptors (Lipinski definition) is 1. The maximum Gasteiger partial charge on any atom is 0.248 e. The molecule has 0 amide bonds. The largest absolute Gasteiger partial charge is 0.270 e. The molecule has 0 saturated heterocycles. The Bertz CT molecular complexity index is 374. The van der Waals surface area contributed by atoms with Crippen LogP contribution in [0.25, 0.3) is 0 Å². The molecule has 2 atom stereocenters. The molecule has 2 saturated carbocycles. The minimum absolute atomic E-state index is 0. The molecular weight excluding hydrogens is 282 g/mol. The number of rotatable bonds is 1. The molecule has 1 heterocycles. The molecule has 2 aliphatic rings. The fraction of sp³-hybridized carbons (Fsp3) is 0.833. The summed E-state index contributed by atoms with van der Waals surface area (Å²) in [6.45, 7) is 14.2. The molecule has 132 valence electrons. The molecule has 2 unspecified atom stereocenters. The molecule has 0 aromatic carbocycles. The molecule has 4 heteroatoms. The second-order valence-electron chi connectivity index (χ2n) is 5.55. The van der Waals surface area contributed by atoms with E-state index in [2.05, 4.69) is 18.9 Å². The van der Waals surface area contributed by atoms with Gasteiger partial charge in [0.05, 0.1) is 5.69 Å². The number of nitrogens with zero attached hydrogens (tertiary/aromatic N) is 2. The fourth-order valence-corrected chi connectivity index (χ4v) is 2.38. The number of halogens is 2. The zero-order valence-electron chi connectivity index (χ0n) is 14.7. The number of alkyl halides is 2. The van der Waals surface area contributed by atoms with E-state index in [1.54, 1.807) is 0 Å². The lowest BCUT2D eigenvalue weighted by atomic mass is 10.2. The van der Waals surface area contributed by atoms with Crippen molar-refractivity contribution < 1.29 is 8.78 Å². The maximum absolute atomic E-state index is 12.2. The lowest BCUT2D eigenvalue weighted by molar-refractivity contribution is -0.00348. The number of hydrogen-bond donors (Lipinski definition) is 0. The Morgan fingerprint density at radius 3 is 1.77 bits per heavy atom. The molecule has 22 heavy (non-hydrogen) atoms. The summed E-state index contributed by atoms with van der Waals surface area (Å²) >= 11 is 0. The normalized spacial score (nSPS) is 22.6. The van der Waals surface area contributed by atoms with Crippen molar-refractivity contribution in [2.45, 2.75) is 87.1 Å². The molecular formula is C18H36F2N2. The van der Waals surface area contributed by atoms with Crippen LogP contribution in [0.1, 0.15) is 80.0 Å². The molecule has 0 aliphatic heterocycles. The third kappa shape index (κ3) is 7.90. The van der Waals surface area contributed by atoms with E-state index < -0.39 is 5.92 Å². The van der Waals surface area contributed by atoms with Gasteiger partial charge in [0.2, 0.25) is 5.92 Å². The van der Waals surface area contributed by atoms with Gasteiger partial charge in [0.15, 0.2) is 0 Å². The first kappa shape index (κ1) is 23.3. The zero-order valence-corrected chi connectivity index (χ0v) is 14.7. The predicted octanol–water partition coefficient (Wildman–Crippen LogP) is 6.51. The standard InChI is InChI=1S/C7H12N2.C6H8F2.2C2H6.CH4/c1-6(2)9-5-4-7(3)8-9;7-6(8)2-4-1-5(4)3-6;2*1-2;/h4-6H,1-3H3;4-5H,1-3H2;2*1-2H3;1H4. The maximum atomic E-state index is 12.2. The molecule has 0 N–H and O–H groups in total. The smallest absolute Gasteiger partial charge is 0.248 e. The van der Waals surface area contributed by atoms with Gasteiger partial charge < -0.3 is 0 Å². The van der Waals surface area contributed by atoms with Crippen LogP contribution in [0.15, 0.2) is 12.3 Å². The number of fused-ring (bicyclic) bond motifs is 1. The highest BCUT2D eigenvalue weighted by molar-refractivity contribution is 4.99. The van der Waals surface area contributed by atoms with Crippen molar-refractivity contribution in [1.82, 2.24) is 9.78 Å². The molecule has 3 rings (SSSR count). The molecule has 0 radical (unpaired) electrons. The van der Waals surface area contributed by atoms with E-state index in [1.165, 1.54) is 0 Å². The van der Waals surface area contributed by atoms with E-state index in [0.29, 0.717) is 17.9 Å². The molecule has 0 bridgehead atoms. The average Bonchev–Trinajstić information content (AvgIpc) is 2.88. The van der Waals surface area contributed by atoms with E-state index >= 15 is 0 Å². The zero-order chi connectivity index (χ0) is 16.6. The average molecular weight is 318 g/mol. The van der Waals surface area contributed by atoms with Gasteiger partial charge in [-0.1, -0.05) is 35.1 Å². The van der Waals surface area contributed by atoms with Gasteiger partial charge in [-0.3, -0.25) is 4.68 Å². The third-order valence-electron chi connectivity index (χ3n) is 3.46. The van der Waals surface area contributed by atoms with Crippen molar-refractivity contribution in [3.05, 3.63) is 18.0 Å². The Balaban J connectivity index is 0. The first-order chi connectivity index (χ1) is 9.87. The van der Waals surface area contributed by atoms with Crippen molar-refractivity contribution >= 4 is 0 Å². The SMILES string of the molecule is C.CC.CC.Cc1ccn(C(C)C)n1.FC1(F)CC2CC2C1. The van der Waals surface area contributed by atoms with Crippen LogP contribution in [0, 0.1) is 18.8 Å². The first-order valence-corrected chi connectivity index (χ1v) is 8.27. The van der Waals surface area contributed by atoms with Gasteiger partial charge in [-0.05, 0) is 45.1 Å². The second-order valence-corrected chi connectivity index (χ2v) is 5.55. The van der Waals surface area contributed by atoms with Gasteiger partial charge in [-0.25, -0.2) is 8.78 Å². The van der Waals surface area contributed by atoms with E-state index in [1.807, 2.05) is 51.6 Å². The molecule has 1 aromatic rings. The van der Waals surface area contributed by atoms with Gasteiger partial charge in [0.25, 0.3) is 0 Å². The Hall–Kier alpha value is -0.930. The quantitative estimate of drug-likeness (QED) is 0.577. The van der Waals surface area contributed by atoms with Crippen LogP contribution in [-0.4, -0.2) is 15.7 Å². The first-order valence-electron chi connectivity index (χ1n) is 8.27. The van der Waals surface area contributed by atoms with Crippen LogP contribution >= 0.6 is 0 Å². The van der Waals surface area contributed by atoms with E-state index in [9.17, 15) is 8.78 Å². The monoisotopic (exact) mass is 318 g/mol.